The Labute approximate surface area is 196 Å². The molecule has 2 unspecified atom stereocenters. The Balaban J connectivity index is 1.49. The van der Waals surface area contributed by atoms with Crippen LogP contribution >= 0.6 is 22.9 Å². The summed E-state index contributed by atoms with van der Waals surface area (Å²) in [5.41, 5.74) is 5.22. The number of benzene rings is 2. The molecule has 32 heavy (non-hydrogen) atoms. The van der Waals surface area contributed by atoms with E-state index < -0.39 is 10.0 Å². The lowest BCUT2D eigenvalue weighted by molar-refractivity contribution is -0.0440. The highest BCUT2D eigenvalue weighted by Gasteiger charge is 2.32. The monoisotopic (exact) mass is 490 g/mol. The molecule has 1 aliphatic heterocycles. The van der Waals surface area contributed by atoms with Gasteiger partial charge in [0.05, 0.1) is 29.0 Å². The molecule has 0 amide bonds. The van der Waals surface area contributed by atoms with Crippen LogP contribution in [0.2, 0.25) is 5.02 Å². The number of anilines is 1. The van der Waals surface area contributed by atoms with Gasteiger partial charge < -0.3 is 4.74 Å². The number of rotatable bonds is 6. The Morgan fingerprint density at radius 2 is 1.91 bits per heavy atom. The number of hydrogen-bond acceptors (Lipinski definition) is 7. The normalized spacial score (nSPS) is 20.0. The summed E-state index contributed by atoms with van der Waals surface area (Å²) in [6.45, 7) is 4.45. The molecule has 168 valence electrons. The number of nitrogens with zero attached hydrogens (tertiary/aromatic N) is 3. The SMILES string of the molecule is CC1CN(S(=O)(=O)c2cccc(-c3csc(N/N=C\c4ccc(Cl)cc4)n3)c2)CC(C)O1. The van der Waals surface area contributed by atoms with Gasteiger partial charge in [-0.1, -0.05) is 35.9 Å². The van der Waals surface area contributed by atoms with E-state index in [0.717, 1.165) is 11.1 Å². The molecule has 2 atom stereocenters. The van der Waals surface area contributed by atoms with E-state index in [1.807, 2.05) is 37.4 Å². The van der Waals surface area contributed by atoms with Crippen LogP contribution < -0.4 is 5.43 Å². The molecule has 0 saturated carbocycles. The quantitative estimate of drug-likeness (QED) is 0.399. The Morgan fingerprint density at radius 1 is 1.19 bits per heavy atom. The molecule has 0 radical (unpaired) electrons. The molecular formula is C22H23ClN4O3S2. The smallest absolute Gasteiger partial charge is 0.243 e. The van der Waals surface area contributed by atoms with Crippen molar-refractivity contribution >= 4 is 44.3 Å². The van der Waals surface area contributed by atoms with Gasteiger partial charge in [0.1, 0.15) is 0 Å². The van der Waals surface area contributed by atoms with Crippen molar-refractivity contribution in [3.8, 4) is 11.3 Å². The molecule has 2 aromatic carbocycles. The highest BCUT2D eigenvalue weighted by atomic mass is 35.5. The van der Waals surface area contributed by atoms with Crippen molar-refractivity contribution in [1.29, 1.82) is 0 Å². The predicted octanol–water partition coefficient (Wildman–Crippen LogP) is 4.71. The van der Waals surface area contributed by atoms with Gasteiger partial charge in [0.2, 0.25) is 15.2 Å². The van der Waals surface area contributed by atoms with E-state index in [1.165, 1.54) is 15.6 Å². The van der Waals surface area contributed by atoms with Gasteiger partial charge in [0.25, 0.3) is 0 Å². The number of hydrazone groups is 1. The molecule has 7 nitrogen and oxygen atoms in total. The fourth-order valence-electron chi connectivity index (χ4n) is 3.46. The summed E-state index contributed by atoms with van der Waals surface area (Å²) < 4.78 is 33.5. The van der Waals surface area contributed by atoms with Gasteiger partial charge in [-0.3, -0.25) is 5.43 Å². The first-order valence-electron chi connectivity index (χ1n) is 10.1. The molecule has 3 aromatic rings. The minimum atomic E-state index is -3.62. The van der Waals surface area contributed by atoms with Crippen LogP contribution in [0.15, 0.2) is 63.9 Å². The van der Waals surface area contributed by atoms with Crippen molar-refractivity contribution in [3.05, 3.63) is 64.5 Å². The second-order valence-electron chi connectivity index (χ2n) is 7.57. The fourth-order valence-corrected chi connectivity index (χ4v) is 5.89. The highest BCUT2D eigenvalue weighted by molar-refractivity contribution is 7.89. The van der Waals surface area contributed by atoms with Gasteiger partial charge in [-0.15, -0.1) is 11.3 Å². The van der Waals surface area contributed by atoms with Crippen LogP contribution in [-0.2, 0) is 14.8 Å². The van der Waals surface area contributed by atoms with Gasteiger partial charge in [-0.2, -0.15) is 9.41 Å². The van der Waals surface area contributed by atoms with Crippen LogP contribution in [0.25, 0.3) is 11.3 Å². The third-order valence-corrected chi connectivity index (χ3v) is 7.73. The van der Waals surface area contributed by atoms with Crippen molar-refractivity contribution in [2.45, 2.75) is 31.0 Å². The molecule has 0 aliphatic carbocycles. The second-order valence-corrected chi connectivity index (χ2v) is 10.8. The lowest BCUT2D eigenvalue weighted by Crippen LogP contribution is -2.48. The zero-order chi connectivity index (χ0) is 22.7. The standard InChI is InChI=1S/C22H23ClN4O3S2/c1-15-12-27(13-16(2)30-15)32(28,29)20-5-3-4-18(10-20)21-14-31-22(25-21)26-24-11-17-6-8-19(23)9-7-17/h3-11,14-16H,12-13H2,1-2H3,(H,25,26)/b24-11-. The zero-order valence-corrected chi connectivity index (χ0v) is 20.0. The summed E-state index contributed by atoms with van der Waals surface area (Å²) in [5, 5.41) is 7.34. The first-order chi connectivity index (χ1) is 15.3. The van der Waals surface area contributed by atoms with Gasteiger partial charge in [0, 0.05) is 29.1 Å². The Kier molecular flexibility index (Phi) is 6.92. The molecule has 1 N–H and O–H groups in total. The molecule has 1 aromatic heterocycles. The van der Waals surface area contributed by atoms with Crippen LogP contribution in [0.4, 0.5) is 5.13 Å². The number of aromatic nitrogens is 1. The van der Waals surface area contributed by atoms with E-state index in [1.54, 1.807) is 36.5 Å². The second kappa shape index (κ2) is 9.68. The Morgan fingerprint density at radius 3 is 2.62 bits per heavy atom. The lowest BCUT2D eigenvalue weighted by Gasteiger charge is -2.34. The largest absolute Gasteiger partial charge is 0.373 e. The lowest BCUT2D eigenvalue weighted by atomic mass is 10.2. The predicted molar refractivity (Wildman–Crippen MR) is 129 cm³/mol. The number of hydrogen-bond donors (Lipinski definition) is 1. The third kappa shape index (κ3) is 5.36. The summed E-state index contributed by atoms with van der Waals surface area (Å²) in [4.78, 5) is 4.78. The van der Waals surface area contributed by atoms with Crippen molar-refractivity contribution in [1.82, 2.24) is 9.29 Å². The summed E-state index contributed by atoms with van der Waals surface area (Å²) in [6.07, 6.45) is 1.39. The van der Waals surface area contributed by atoms with Crippen LogP contribution in [0.1, 0.15) is 19.4 Å². The van der Waals surface area contributed by atoms with Gasteiger partial charge in [-0.25, -0.2) is 13.4 Å². The number of ether oxygens (including phenoxy) is 1. The first-order valence-corrected chi connectivity index (χ1v) is 12.8. The zero-order valence-electron chi connectivity index (χ0n) is 17.6. The maximum atomic E-state index is 13.2. The Bertz CT molecular complexity index is 1200. The minimum absolute atomic E-state index is 0.141. The molecule has 0 bridgehead atoms. The van der Waals surface area contributed by atoms with E-state index in [2.05, 4.69) is 15.5 Å². The van der Waals surface area contributed by atoms with Crippen molar-refractivity contribution in [2.24, 2.45) is 5.10 Å². The molecule has 1 aliphatic rings. The van der Waals surface area contributed by atoms with Crippen molar-refractivity contribution < 1.29 is 13.2 Å². The van der Waals surface area contributed by atoms with Gasteiger partial charge >= 0.3 is 0 Å². The maximum Gasteiger partial charge on any atom is 0.243 e. The molecule has 4 rings (SSSR count). The maximum absolute atomic E-state index is 13.2. The average molecular weight is 491 g/mol. The summed E-state index contributed by atoms with van der Waals surface area (Å²) >= 11 is 7.27. The average Bonchev–Trinajstić information content (AvgIpc) is 3.23. The van der Waals surface area contributed by atoms with E-state index in [4.69, 9.17) is 16.3 Å². The van der Waals surface area contributed by atoms with Gasteiger partial charge in [0.15, 0.2) is 0 Å². The molecule has 10 heteroatoms. The third-order valence-electron chi connectivity index (χ3n) is 4.90. The van der Waals surface area contributed by atoms with E-state index in [-0.39, 0.29) is 17.1 Å². The van der Waals surface area contributed by atoms with Crippen LogP contribution in [0.3, 0.4) is 0 Å². The molecule has 1 fully saturated rings. The number of thiazole rings is 1. The van der Waals surface area contributed by atoms with E-state index in [0.29, 0.717) is 28.9 Å². The number of morpholine rings is 1. The number of halogens is 1. The topological polar surface area (TPSA) is 83.9 Å². The van der Waals surface area contributed by atoms with Crippen molar-refractivity contribution in [2.75, 3.05) is 18.5 Å². The number of nitrogens with one attached hydrogen (secondary N) is 1. The summed E-state index contributed by atoms with van der Waals surface area (Å²) in [5.74, 6) is 0. The fraction of sp³-hybridized carbons (Fsp3) is 0.273. The van der Waals surface area contributed by atoms with Gasteiger partial charge in [-0.05, 0) is 43.7 Å². The molecular weight excluding hydrogens is 468 g/mol. The summed E-state index contributed by atoms with van der Waals surface area (Å²) in [7, 11) is -3.62. The first kappa shape index (κ1) is 22.9. The van der Waals surface area contributed by atoms with Crippen LogP contribution in [0, 0.1) is 0 Å². The highest BCUT2D eigenvalue weighted by Crippen LogP contribution is 2.28. The van der Waals surface area contributed by atoms with Crippen molar-refractivity contribution in [3.63, 3.8) is 0 Å². The minimum Gasteiger partial charge on any atom is -0.373 e. The molecule has 0 spiro atoms. The van der Waals surface area contributed by atoms with Crippen LogP contribution in [-0.4, -0.2) is 49.2 Å². The molecule has 1 saturated heterocycles. The summed E-state index contributed by atoms with van der Waals surface area (Å²) in [6, 6.07) is 14.2. The van der Waals surface area contributed by atoms with E-state index >= 15 is 0 Å². The van der Waals surface area contributed by atoms with E-state index in [9.17, 15) is 8.42 Å². The number of sulfonamides is 1. The Hall–Kier alpha value is -2.30. The molecule has 2 heterocycles. The van der Waals surface area contributed by atoms with Crippen LogP contribution in [0.5, 0.6) is 0 Å².